The van der Waals surface area contributed by atoms with Crippen LogP contribution in [-0.4, -0.2) is 19.9 Å². The van der Waals surface area contributed by atoms with Gasteiger partial charge in [-0.1, -0.05) is 140 Å². The Kier molecular flexibility index (Phi) is 7.10. The largest absolute Gasteiger partial charge is 0.228 e. The third kappa shape index (κ3) is 5.22. The molecule has 9 aromatic rings. The Bertz CT molecular complexity index is 2900. The van der Waals surface area contributed by atoms with Gasteiger partial charge < -0.3 is 0 Å². The van der Waals surface area contributed by atoms with E-state index in [4.69, 9.17) is 19.9 Å². The Morgan fingerprint density at radius 2 is 0.961 bits per heavy atom. The second-order valence-corrected chi connectivity index (χ2v) is 14.0. The van der Waals surface area contributed by atoms with Gasteiger partial charge in [-0.2, -0.15) is 0 Å². The van der Waals surface area contributed by atoms with Crippen molar-refractivity contribution in [3.05, 3.63) is 167 Å². The quantitative estimate of drug-likeness (QED) is 0.183. The fourth-order valence-electron chi connectivity index (χ4n) is 7.31. The van der Waals surface area contributed by atoms with Crippen molar-refractivity contribution in [3.63, 3.8) is 0 Å². The first-order valence-electron chi connectivity index (χ1n) is 17.3. The van der Waals surface area contributed by atoms with Crippen molar-refractivity contribution in [1.29, 1.82) is 0 Å². The monoisotopic (exact) mass is 670 g/mol. The van der Waals surface area contributed by atoms with Gasteiger partial charge in [0, 0.05) is 52.9 Å². The fourth-order valence-corrected chi connectivity index (χ4v) is 8.55. The van der Waals surface area contributed by atoms with E-state index in [-0.39, 0.29) is 0 Å². The second kappa shape index (κ2) is 12.2. The third-order valence-corrected chi connectivity index (χ3v) is 10.9. The van der Waals surface area contributed by atoms with Gasteiger partial charge in [0.25, 0.3) is 0 Å². The molecule has 3 aromatic heterocycles. The highest BCUT2D eigenvalue weighted by atomic mass is 32.1. The molecule has 0 atom stereocenters. The lowest BCUT2D eigenvalue weighted by Gasteiger charge is -2.13. The zero-order valence-electron chi connectivity index (χ0n) is 27.6. The summed E-state index contributed by atoms with van der Waals surface area (Å²) in [5.41, 5.74) is 10.6. The first kappa shape index (κ1) is 29.6. The predicted octanol–water partition coefficient (Wildman–Crippen LogP) is 10.2. The van der Waals surface area contributed by atoms with E-state index in [0.717, 1.165) is 74.4 Å². The molecule has 1 aliphatic carbocycles. The second-order valence-electron chi connectivity index (χ2n) is 12.9. The summed E-state index contributed by atoms with van der Waals surface area (Å²) in [5, 5.41) is 4.58. The number of fused-ring (bicyclic) bond motifs is 5. The molecule has 0 spiro atoms. The molecule has 10 rings (SSSR count). The number of nitrogens with zero attached hydrogens (tertiary/aromatic N) is 4. The van der Waals surface area contributed by atoms with Crippen LogP contribution in [0.25, 0.3) is 88.6 Å². The normalized spacial score (nSPS) is 12.7. The molecule has 0 aliphatic heterocycles. The molecular formula is C46H30N4S. The Balaban J connectivity index is 1.11. The molecule has 5 heteroatoms. The van der Waals surface area contributed by atoms with Crippen LogP contribution in [-0.2, 0) is 0 Å². The highest BCUT2D eigenvalue weighted by molar-refractivity contribution is 7.17. The van der Waals surface area contributed by atoms with E-state index in [2.05, 4.69) is 140 Å². The Morgan fingerprint density at radius 1 is 0.431 bits per heavy atom. The topological polar surface area (TPSA) is 51.6 Å². The Hall–Kier alpha value is -6.30. The summed E-state index contributed by atoms with van der Waals surface area (Å²) in [5.74, 6) is 1.54. The van der Waals surface area contributed by atoms with Crippen LogP contribution in [0.1, 0.15) is 18.7 Å². The van der Waals surface area contributed by atoms with Crippen molar-refractivity contribution in [2.75, 3.05) is 0 Å². The predicted molar refractivity (Wildman–Crippen MR) is 212 cm³/mol. The minimum Gasteiger partial charge on any atom is -0.228 e. The number of hydrogen-bond acceptors (Lipinski definition) is 5. The Morgan fingerprint density at radius 3 is 1.67 bits per heavy atom. The maximum Gasteiger partial charge on any atom is 0.160 e. The van der Waals surface area contributed by atoms with E-state index in [0.29, 0.717) is 0 Å². The van der Waals surface area contributed by atoms with Crippen molar-refractivity contribution >= 4 is 54.9 Å². The summed E-state index contributed by atoms with van der Waals surface area (Å²) >= 11 is 1.83. The van der Waals surface area contributed by atoms with Gasteiger partial charge in [-0.3, -0.25) is 0 Å². The molecule has 51 heavy (non-hydrogen) atoms. The molecule has 0 N–H and O–H groups in total. The summed E-state index contributed by atoms with van der Waals surface area (Å²) < 4.78 is 2.49. The van der Waals surface area contributed by atoms with Gasteiger partial charge in [0.15, 0.2) is 11.6 Å². The fraction of sp³-hybridized carbons (Fsp3) is 0.0435. The van der Waals surface area contributed by atoms with Crippen LogP contribution in [0.4, 0.5) is 0 Å². The molecule has 0 amide bonds. The average Bonchev–Trinajstić information content (AvgIpc) is 3.59. The molecule has 240 valence electrons. The van der Waals surface area contributed by atoms with Crippen LogP contribution in [0.15, 0.2) is 152 Å². The van der Waals surface area contributed by atoms with Crippen LogP contribution in [0.5, 0.6) is 0 Å². The average molecular weight is 671 g/mol. The van der Waals surface area contributed by atoms with E-state index in [1.54, 1.807) is 0 Å². The summed E-state index contributed by atoms with van der Waals surface area (Å²) in [6, 6.07) is 52.9. The lowest BCUT2D eigenvalue weighted by molar-refractivity contribution is 1.04. The van der Waals surface area contributed by atoms with Gasteiger partial charge >= 0.3 is 0 Å². The zero-order valence-corrected chi connectivity index (χ0v) is 28.4. The van der Waals surface area contributed by atoms with E-state index in [9.17, 15) is 0 Å². The van der Waals surface area contributed by atoms with Crippen LogP contribution in [0, 0.1) is 0 Å². The van der Waals surface area contributed by atoms with Gasteiger partial charge in [0.1, 0.15) is 0 Å². The van der Waals surface area contributed by atoms with Gasteiger partial charge in [-0.05, 0) is 42.2 Å². The van der Waals surface area contributed by atoms with E-state index in [1.807, 2.05) is 29.5 Å². The van der Waals surface area contributed by atoms with Crippen molar-refractivity contribution in [1.82, 2.24) is 19.9 Å². The van der Waals surface area contributed by atoms with Crippen LogP contribution in [0.2, 0.25) is 0 Å². The Labute approximate surface area is 298 Å². The van der Waals surface area contributed by atoms with Crippen LogP contribution >= 0.6 is 11.3 Å². The maximum atomic E-state index is 5.26. The molecule has 0 fully saturated rings. The molecule has 0 saturated heterocycles. The molecule has 0 bridgehead atoms. The minimum absolute atomic E-state index is 0.725. The SMILES string of the molecule is C1=c2sc3cc(-c4nc(-c5ccc(-c6ccccc6)cc5)c5ccccc5n4)ccc3c2=C(c2nc(-c3ccccc3)c3ccccc3n2)CC1. The molecule has 4 nitrogen and oxygen atoms in total. The summed E-state index contributed by atoms with van der Waals surface area (Å²) in [6.07, 6.45) is 4.22. The van der Waals surface area contributed by atoms with Crippen molar-refractivity contribution in [3.8, 4) is 45.0 Å². The number of benzene rings is 6. The third-order valence-electron chi connectivity index (χ3n) is 9.79. The van der Waals surface area contributed by atoms with Crippen LogP contribution < -0.4 is 9.75 Å². The first-order valence-corrected chi connectivity index (χ1v) is 18.1. The van der Waals surface area contributed by atoms with E-state index < -0.39 is 0 Å². The summed E-state index contributed by atoms with van der Waals surface area (Å²) in [7, 11) is 0. The van der Waals surface area contributed by atoms with Gasteiger partial charge in [0.2, 0.25) is 0 Å². The summed E-state index contributed by atoms with van der Waals surface area (Å²) in [4.78, 5) is 20.7. The van der Waals surface area contributed by atoms with E-state index in [1.165, 1.54) is 36.5 Å². The standard InChI is InChI=1S/C46H30N4S/c1-3-12-29(13-4-1)30-22-24-32(25-23-30)44-34-16-7-9-19-38(34)47-45(49-44)33-26-27-36-41(28-33)51-40-21-11-18-37(42(36)40)46-48-39-20-10-8-17-35(39)43(50-46)31-14-5-2-6-15-31/h1-10,12-17,19-28H,11,18H2. The number of hydrogen-bond donors (Lipinski definition) is 0. The molecule has 0 radical (unpaired) electrons. The highest BCUT2D eigenvalue weighted by Crippen LogP contribution is 2.33. The zero-order chi connectivity index (χ0) is 33.7. The first-order chi connectivity index (χ1) is 25.3. The lowest BCUT2D eigenvalue weighted by atomic mass is 9.99. The molecular weight excluding hydrogens is 641 g/mol. The molecule has 3 heterocycles. The van der Waals surface area contributed by atoms with Crippen LogP contribution in [0.3, 0.4) is 0 Å². The summed E-state index contributed by atoms with van der Waals surface area (Å²) in [6.45, 7) is 0. The molecule has 0 saturated carbocycles. The van der Waals surface area contributed by atoms with Crippen molar-refractivity contribution in [2.24, 2.45) is 0 Å². The highest BCUT2D eigenvalue weighted by Gasteiger charge is 2.19. The van der Waals surface area contributed by atoms with Gasteiger partial charge in [-0.15, -0.1) is 11.3 Å². The number of rotatable bonds is 5. The molecule has 6 aromatic carbocycles. The maximum absolute atomic E-state index is 5.26. The number of para-hydroxylation sites is 2. The molecule has 0 unspecified atom stereocenters. The minimum atomic E-state index is 0.725. The smallest absolute Gasteiger partial charge is 0.160 e. The lowest BCUT2D eigenvalue weighted by Crippen LogP contribution is -2.26. The van der Waals surface area contributed by atoms with Crippen molar-refractivity contribution < 1.29 is 0 Å². The van der Waals surface area contributed by atoms with Gasteiger partial charge in [0.05, 0.1) is 22.4 Å². The number of thiophene rings is 1. The van der Waals surface area contributed by atoms with Crippen molar-refractivity contribution in [2.45, 2.75) is 12.8 Å². The van der Waals surface area contributed by atoms with E-state index >= 15 is 0 Å². The molecule has 1 aliphatic rings. The number of aromatic nitrogens is 4. The van der Waals surface area contributed by atoms with Gasteiger partial charge in [-0.25, -0.2) is 19.9 Å².